The van der Waals surface area contributed by atoms with Crippen molar-refractivity contribution >= 4 is 34.7 Å². The first-order valence-corrected chi connectivity index (χ1v) is 7.40. The standard InChI is InChI=1S/C14H14N2O6S/c1-4-15-13(17)12(23-14(15)18)6-8-5-10(21-2)11(22-3)7-9(8)16(19)20/h5-7H,4H2,1-3H3/b12-6+. The Morgan fingerprint density at radius 2 is 1.87 bits per heavy atom. The van der Waals surface area contributed by atoms with E-state index >= 15 is 0 Å². The second kappa shape index (κ2) is 6.69. The third kappa shape index (κ3) is 3.14. The minimum Gasteiger partial charge on any atom is -0.493 e. The first-order valence-electron chi connectivity index (χ1n) is 6.58. The van der Waals surface area contributed by atoms with Crippen LogP contribution in [0.3, 0.4) is 0 Å². The monoisotopic (exact) mass is 338 g/mol. The van der Waals surface area contributed by atoms with E-state index in [0.717, 1.165) is 16.7 Å². The van der Waals surface area contributed by atoms with Crippen LogP contribution < -0.4 is 9.47 Å². The topological polar surface area (TPSA) is 99.0 Å². The highest BCUT2D eigenvalue weighted by molar-refractivity contribution is 8.18. The van der Waals surface area contributed by atoms with Gasteiger partial charge in [-0.2, -0.15) is 0 Å². The van der Waals surface area contributed by atoms with Crippen molar-refractivity contribution in [1.29, 1.82) is 0 Å². The van der Waals surface area contributed by atoms with Crippen LogP contribution in [0.4, 0.5) is 10.5 Å². The van der Waals surface area contributed by atoms with Crippen molar-refractivity contribution in [2.24, 2.45) is 0 Å². The minimum atomic E-state index is -0.585. The smallest absolute Gasteiger partial charge is 0.293 e. The number of thioether (sulfide) groups is 1. The van der Waals surface area contributed by atoms with Crippen LogP contribution in [0.2, 0.25) is 0 Å². The van der Waals surface area contributed by atoms with E-state index in [4.69, 9.17) is 9.47 Å². The van der Waals surface area contributed by atoms with Crippen molar-refractivity contribution in [3.8, 4) is 11.5 Å². The zero-order valence-corrected chi connectivity index (χ0v) is 13.5. The second-order valence-corrected chi connectivity index (χ2v) is 5.44. The van der Waals surface area contributed by atoms with E-state index in [9.17, 15) is 19.7 Å². The molecule has 122 valence electrons. The first kappa shape index (κ1) is 16.8. The Kier molecular flexibility index (Phi) is 4.89. The van der Waals surface area contributed by atoms with Gasteiger partial charge in [0.1, 0.15) is 0 Å². The third-order valence-electron chi connectivity index (χ3n) is 3.21. The zero-order chi connectivity index (χ0) is 17.1. The highest BCUT2D eigenvalue weighted by Crippen LogP contribution is 2.38. The van der Waals surface area contributed by atoms with E-state index < -0.39 is 16.1 Å². The Hall–Kier alpha value is -2.55. The maximum atomic E-state index is 12.1. The van der Waals surface area contributed by atoms with E-state index in [-0.39, 0.29) is 28.5 Å². The summed E-state index contributed by atoms with van der Waals surface area (Å²) in [4.78, 5) is 35.7. The van der Waals surface area contributed by atoms with E-state index in [0.29, 0.717) is 5.75 Å². The third-order valence-corrected chi connectivity index (χ3v) is 4.11. The van der Waals surface area contributed by atoms with Crippen LogP contribution in [0.1, 0.15) is 12.5 Å². The van der Waals surface area contributed by atoms with Gasteiger partial charge in [0.05, 0.1) is 35.7 Å². The molecular weight excluding hydrogens is 324 g/mol. The molecule has 0 unspecified atom stereocenters. The molecule has 1 aliphatic heterocycles. The summed E-state index contributed by atoms with van der Waals surface area (Å²) in [5, 5.41) is 10.8. The number of ether oxygens (including phenoxy) is 2. The van der Waals surface area contributed by atoms with Crippen molar-refractivity contribution in [3.63, 3.8) is 0 Å². The number of nitro groups is 1. The molecule has 0 aromatic heterocycles. The lowest BCUT2D eigenvalue weighted by Crippen LogP contribution is -2.27. The Bertz CT molecular complexity index is 715. The molecule has 23 heavy (non-hydrogen) atoms. The van der Waals surface area contributed by atoms with Crippen LogP contribution in [0, 0.1) is 10.1 Å². The van der Waals surface area contributed by atoms with Gasteiger partial charge in [0.25, 0.3) is 16.8 Å². The quantitative estimate of drug-likeness (QED) is 0.462. The summed E-state index contributed by atoms with van der Waals surface area (Å²) in [6.45, 7) is 1.92. The Balaban J connectivity index is 2.55. The number of amides is 2. The molecule has 0 aliphatic carbocycles. The summed E-state index contributed by atoms with van der Waals surface area (Å²) < 4.78 is 10.2. The number of likely N-dealkylation sites (N-methyl/N-ethyl adjacent to an activating group) is 1. The molecule has 0 radical (unpaired) electrons. The molecule has 0 bridgehead atoms. The molecular formula is C14H14N2O6S. The van der Waals surface area contributed by atoms with Gasteiger partial charge in [-0.15, -0.1) is 0 Å². The van der Waals surface area contributed by atoms with Gasteiger partial charge < -0.3 is 9.47 Å². The Morgan fingerprint density at radius 1 is 1.26 bits per heavy atom. The van der Waals surface area contributed by atoms with Crippen LogP contribution in [0.15, 0.2) is 17.0 Å². The summed E-state index contributed by atoms with van der Waals surface area (Å²) in [5.41, 5.74) is -0.0831. The van der Waals surface area contributed by atoms with Crippen molar-refractivity contribution in [1.82, 2.24) is 4.90 Å². The largest absolute Gasteiger partial charge is 0.493 e. The molecule has 0 saturated carbocycles. The molecule has 1 saturated heterocycles. The van der Waals surface area contributed by atoms with Crippen molar-refractivity contribution in [2.45, 2.75) is 6.92 Å². The highest BCUT2D eigenvalue weighted by Gasteiger charge is 2.34. The van der Waals surface area contributed by atoms with E-state index in [1.54, 1.807) is 6.92 Å². The summed E-state index contributed by atoms with van der Waals surface area (Å²) in [6.07, 6.45) is 1.32. The van der Waals surface area contributed by atoms with Crippen LogP contribution in [-0.2, 0) is 4.79 Å². The highest BCUT2D eigenvalue weighted by atomic mass is 32.2. The first-order chi connectivity index (χ1) is 10.9. The van der Waals surface area contributed by atoms with E-state index in [2.05, 4.69) is 0 Å². The fourth-order valence-corrected chi connectivity index (χ4v) is 2.97. The summed E-state index contributed by atoms with van der Waals surface area (Å²) in [7, 11) is 2.77. The van der Waals surface area contributed by atoms with E-state index in [1.165, 1.54) is 32.4 Å². The molecule has 0 atom stereocenters. The summed E-state index contributed by atoms with van der Waals surface area (Å²) in [6, 6.07) is 2.62. The lowest BCUT2D eigenvalue weighted by Gasteiger charge is -2.09. The van der Waals surface area contributed by atoms with Crippen molar-refractivity contribution in [3.05, 3.63) is 32.7 Å². The zero-order valence-electron chi connectivity index (χ0n) is 12.7. The van der Waals surface area contributed by atoms with E-state index in [1.807, 2.05) is 0 Å². The summed E-state index contributed by atoms with van der Waals surface area (Å²) >= 11 is 0.749. The molecule has 8 nitrogen and oxygen atoms in total. The van der Waals surface area contributed by atoms with Crippen LogP contribution in [-0.4, -0.2) is 41.7 Å². The molecule has 1 aromatic rings. The number of imide groups is 1. The number of benzene rings is 1. The number of hydrogen-bond donors (Lipinski definition) is 0. The molecule has 1 heterocycles. The van der Waals surface area contributed by atoms with Gasteiger partial charge in [0, 0.05) is 6.54 Å². The molecule has 2 rings (SSSR count). The number of rotatable bonds is 5. The number of carbonyl (C=O) groups is 2. The van der Waals surface area contributed by atoms with Gasteiger partial charge in [0.2, 0.25) is 0 Å². The lowest BCUT2D eigenvalue weighted by molar-refractivity contribution is -0.385. The minimum absolute atomic E-state index is 0.132. The van der Waals surface area contributed by atoms with Crippen molar-refractivity contribution in [2.75, 3.05) is 20.8 Å². The fraction of sp³-hybridized carbons (Fsp3) is 0.286. The fourth-order valence-electron chi connectivity index (χ4n) is 2.07. The van der Waals surface area contributed by atoms with Gasteiger partial charge >= 0.3 is 0 Å². The van der Waals surface area contributed by atoms with Crippen LogP contribution in [0.25, 0.3) is 6.08 Å². The lowest BCUT2D eigenvalue weighted by atomic mass is 10.1. The normalized spacial score (nSPS) is 16.1. The van der Waals surface area contributed by atoms with Crippen molar-refractivity contribution < 1.29 is 24.0 Å². The van der Waals surface area contributed by atoms with Gasteiger partial charge in [-0.3, -0.25) is 24.6 Å². The van der Waals surface area contributed by atoms with Crippen LogP contribution in [0.5, 0.6) is 11.5 Å². The number of nitro benzene ring substituents is 1. The molecule has 0 spiro atoms. The second-order valence-electron chi connectivity index (χ2n) is 4.45. The van der Waals surface area contributed by atoms with Gasteiger partial charge in [0.15, 0.2) is 11.5 Å². The maximum absolute atomic E-state index is 12.1. The number of carbonyl (C=O) groups excluding carboxylic acids is 2. The SMILES string of the molecule is CCN1C(=O)S/C(=C/c2cc(OC)c(OC)cc2[N+](=O)[O-])C1=O. The van der Waals surface area contributed by atoms with Crippen LogP contribution >= 0.6 is 11.8 Å². The predicted octanol–water partition coefficient (Wildman–Crippen LogP) is 2.67. The average Bonchev–Trinajstić information content (AvgIpc) is 2.79. The molecule has 0 N–H and O–H groups in total. The predicted molar refractivity (Wildman–Crippen MR) is 84.6 cm³/mol. The Labute approximate surface area is 136 Å². The molecule has 2 amide bonds. The average molecular weight is 338 g/mol. The summed E-state index contributed by atoms with van der Waals surface area (Å²) in [5.74, 6) is 0.0312. The number of hydrogen-bond acceptors (Lipinski definition) is 7. The number of nitrogens with zero attached hydrogens (tertiary/aromatic N) is 2. The molecule has 1 fully saturated rings. The van der Waals surface area contributed by atoms with Gasteiger partial charge in [-0.1, -0.05) is 0 Å². The maximum Gasteiger partial charge on any atom is 0.293 e. The molecule has 9 heteroatoms. The number of methoxy groups -OCH3 is 2. The van der Waals surface area contributed by atoms with Gasteiger partial charge in [-0.25, -0.2) is 0 Å². The molecule has 1 aliphatic rings. The van der Waals surface area contributed by atoms with Gasteiger partial charge in [-0.05, 0) is 30.8 Å². The Morgan fingerprint density at radius 3 is 2.35 bits per heavy atom. The molecule has 1 aromatic carbocycles.